The fourth-order valence-electron chi connectivity index (χ4n) is 2.53. The second kappa shape index (κ2) is 8.53. The summed E-state index contributed by atoms with van der Waals surface area (Å²) in [5.41, 5.74) is 0.855. The smallest absolute Gasteiger partial charge is 0.264 e. The molecule has 0 radical (unpaired) electrons. The van der Waals surface area contributed by atoms with Gasteiger partial charge < -0.3 is 5.32 Å². The lowest BCUT2D eigenvalue weighted by atomic mass is 10.3. The Morgan fingerprint density at radius 1 is 0.929 bits per heavy atom. The van der Waals surface area contributed by atoms with Crippen LogP contribution in [0.15, 0.2) is 88.2 Å². The van der Waals surface area contributed by atoms with Gasteiger partial charge in [-0.15, -0.1) is 0 Å². The number of hydrogen-bond acceptors (Lipinski definition) is 3. The van der Waals surface area contributed by atoms with E-state index in [9.17, 15) is 17.6 Å². The van der Waals surface area contributed by atoms with Crippen molar-refractivity contribution in [3.63, 3.8) is 0 Å². The summed E-state index contributed by atoms with van der Waals surface area (Å²) in [5, 5.41) is 2.69. The van der Waals surface area contributed by atoms with Crippen LogP contribution in [-0.4, -0.2) is 20.9 Å². The molecule has 144 valence electrons. The van der Waals surface area contributed by atoms with Crippen molar-refractivity contribution in [2.45, 2.75) is 4.90 Å². The Bertz CT molecular complexity index is 1070. The molecule has 0 fully saturated rings. The summed E-state index contributed by atoms with van der Waals surface area (Å²) in [7, 11) is -4.07. The predicted octanol–water partition coefficient (Wildman–Crippen LogP) is 4.42. The number of hydrogen-bond donors (Lipinski definition) is 1. The quantitative estimate of drug-likeness (QED) is 0.589. The third kappa shape index (κ3) is 4.58. The van der Waals surface area contributed by atoms with E-state index in [0.717, 1.165) is 16.4 Å². The molecule has 0 aromatic heterocycles. The van der Waals surface area contributed by atoms with E-state index in [4.69, 9.17) is 0 Å². The number of carbonyl (C=O) groups is 1. The molecule has 0 saturated heterocycles. The normalized spacial score (nSPS) is 11.1. The molecule has 0 atom stereocenters. The van der Waals surface area contributed by atoms with Crippen LogP contribution in [0.25, 0.3) is 0 Å². The summed E-state index contributed by atoms with van der Waals surface area (Å²) >= 11 is 3.34. The molecule has 3 aromatic carbocycles. The Balaban J connectivity index is 1.93. The number of sulfonamides is 1. The van der Waals surface area contributed by atoms with Crippen molar-refractivity contribution >= 4 is 43.2 Å². The zero-order chi connectivity index (χ0) is 20.1. The molecule has 0 bridgehead atoms. The van der Waals surface area contributed by atoms with Gasteiger partial charge in [0.2, 0.25) is 5.91 Å². The molecule has 8 heteroatoms. The van der Waals surface area contributed by atoms with Gasteiger partial charge in [-0.25, -0.2) is 12.8 Å². The molecule has 0 heterocycles. The van der Waals surface area contributed by atoms with Gasteiger partial charge in [0, 0.05) is 4.47 Å². The molecule has 0 spiro atoms. The molecule has 0 saturated carbocycles. The summed E-state index contributed by atoms with van der Waals surface area (Å²) in [6.07, 6.45) is 0. The van der Waals surface area contributed by atoms with Gasteiger partial charge in [0.15, 0.2) is 0 Å². The summed E-state index contributed by atoms with van der Waals surface area (Å²) in [6, 6.07) is 19.8. The highest BCUT2D eigenvalue weighted by Gasteiger charge is 2.27. The van der Waals surface area contributed by atoms with Crippen molar-refractivity contribution in [2.24, 2.45) is 0 Å². The van der Waals surface area contributed by atoms with Crippen molar-refractivity contribution in [3.8, 4) is 0 Å². The molecule has 1 amide bonds. The van der Waals surface area contributed by atoms with Crippen LogP contribution in [-0.2, 0) is 14.8 Å². The van der Waals surface area contributed by atoms with Crippen LogP contribution in [0.1, 0.15) is 0 Å². The molecule has 0 aliphatic rings. The number of nitrogens with one attached hydrogen (secondary N) is 1. The van der Waals surface area contributed by atoms with E-state index < -0.39 is 28.3 Å². The lowest BCUT2D eigenvalue weighted by Crippen LogP contribution is -2.38. The zero-order valence-electron chi connectivity index (χ0n) is 14.5. The molecule has 28 heavy (non-hydrogen) atoms. The van der Waals surface area contributed by atoms with E-state index >= 15 is 0 Å². The number of carbonyl (C=O) groups excluding carboxylic acids is 1. The minimum Gasteiger partial charge on any atom is -0.323 e. The summed E-state index contributed by atoms with van der Waals surface area (Å²) in [5.74, 6) is -1.06. The fraction of sp³-hybridized carbons (Fsp3) is 0.0500. The highest BCUT2D eigenvalue weighted by molar-refractivity contribution is 9.10. The maximum absolute atomic E-state index is 13.2. The van der Waals surface area contributed by atoms with Crippen LogP contribution in [0, 0.1) is 5.82 Å². The van der Waals surface area contributed by atoms with E-state index in [1.54, 1.807) is 54.6 Å². The Kier molecular flexibility index (Phi) is 6.11. The van der Waals surface area contributed by atoms with Gasteiger partial charge in [-0.2, -0.15) is 0 Å². The Hall–Kier alpha value is -2.71. The van der Waals surface area contributed by atoms with Gasteiger partial charge in [0.25, 0.3) is 10.0 Å². The highest BCUT2D eigenvalue weighted by atomic mass is 79.9. The second-order valence-corrected chi connectivity index (χ2v) is 8.55. The lowest BCUT2D eigenvalue weighted by molar-refractivity contribution is -0.114. The maximum atomic E-state index is 13.2. The lowest BCUT2D eigenvalue weighted by Gasteiger charge is -2.24. The first-order chi connectivity index (χ1) is 13.4. The standard InChI is InChI=1S/C20H16BrFN2O3S/c21-18-8-4-5-9-19(18)23-20(25)14-24(16-6-2-1-3-7-16)28(26,27)17-12-10-15(22)11-13-17/h1-13H,14H2,(H,23,25). The molecule has 5 nitrogen and oxygen atoms in total. The van der Waals surface area contributed by atoms with Crippen LogP contribution >= 0.6 is 15.9 Å². The average Bonchev–Trinajstić information content (AvgIpc) is 2.69. The SMILES string of the molecule is O=C(CN(c1ccccc1)S(=O)(=O)c1ccc(F)cc1)Nc1ccccc1Br. The highest BCUT2D eigenvalue weighted by Crippen LogP contribution is 2.25. The minimum absolute atomic E-state index is 0.105. The van der Waals surface area contributed by atoms with Gasteiger partial charge in [-0.3, -0.25) is 9.10 Å². The molecule has 3 rings (SSSR count). The summed E-state index contributed by atoms with van der Waals surface area (Å²) < 4.78 is 41.1. The van der Waals surface area contributed by atoms with Crippen LogP contribution in [0.4, 0.5) is 15.8 Å². The molecular formula is C20H16BrFN2O3S. The molecular weight excluding hydrogens is 447 g/mol. The Labute approximate surface area is 171 Å². The summed E-state index contributed by atoms with van der Waals surface area (Å²) in [6.45, 7) is -0.439. The maximum Gasteiger partial charge on any atom is 0.264 e. The van der Waals surface area contributed by atoms with Gasteiger partial charge >= 0.3 is 0 Å². The van der Waals surface area contributed by atoms with E-state index in [-0.39, 0.29) is 4.90 Å². The first-order valence-electron chi connectivity index (χ1n) is 8.25. The van der Waals surface area contributed by atoms with Crippen LogP contribution in [0.5, 0.6) is 0 Å². The number of amides is 1. The van der Waals surface area contributed by atoms with E-state index in [2.05, 4.69) is 21.2 Å². The van der Waals surface area contributed by atoms with Gasteiger partial charge in [0.1, 0.15) is 12.4 Å². The first kappa shape index (κ1) is 20.0. The number of nitrogens with zero attached hydrogens (tertiary/aromatic N) is 1. The summed E-state index contributed by atoms with van der Waals surface area (Å²) in [4.78, 5) is 12.5. The van der Waals surface area contributed by atoms with Crippen LogP contribution < -0.4 is 9.62 Å². The number of para-hydroxylation sites is 2. The van der Waals surface area contributed by atoms with Crippen molar-refractivity contribution < 1.29 is 17.6 Å². The largest absolute Gasteiger partial charge is 0.323 e. The van der Waals surface area contributed by atoms with Crippen LogP contribution in [0.2, 0.25) is 0 Å². The average molecular weight is 463 g/mol. The molecule has 0 unspecified atom stereocenters. The second-order valence-electron chi connectivity index (χ2n) is 5.83. The first-order valence-corrected chi connectivity index (χ1v) is 10.5. The van der Waals surface area contributed by atoms with Gasteiger partial charge in [-0.05, 0) is 64.5 Å². The van der Waals surface area contributed by atoms with Gasteiger partial charge in [0.05, 0.1) is 16.3 Å². The van der Waals surface area contributed by atoms with Crippen LogP contribution in [0.3, 0.4) is 0 Å². The monoisotopic (exact) mass is 462 g/mol. The molecule has 0 aliphatic carbocycles. The van der Waals surface area contributed by atoms with Crippen molar-refractivity contribution in [3.05, 3.63) is 89.2 Å². The molecule has 1 N–H and O–H groups in total. The third-order valence-electron chi connectivity index (χ3n) is 3.88. The topological polar surface area (TPSA) is 66.5 Å². The van der Waals surface area contributed by atoms with Crippen molar-refractivity contribution in [1.82, 2.24) is 0 Å². The zero-order valence-corrected chi connectivity index (χ0v) is 17.0. The number of halogens is 2. The van der Waals surface area contributed by atoms with Crippen molar-refractivity contribution in [2.75, 3.05) is 16.2 Å². The number of benzene rings is 3. The van der Waals surface area contributed by atoms with E-state index in [1.807, 2.05) is 0 Å². The molecule has 3 aromatic rings. The minimum atomic E-state index is -4.07. The fourth-order valence-corrected chi connectivity index (χ4v) is 4.33. The van der Waals surface area contributed by atoms with E-state index in [1.165, 1.54) is 12.1 Å². The predicted molar refractivity (Wildman–Crippen MR) is 110 cm³/mol. The number of rotatable bonds is 6. The Morgan fingerprint density at radius 2 is 1.54 bits per heavy atom. The van der Waals surface area contributed by atoms with E-state index in [0.29, 0.717) is 15.8 Å². The van der Waals surface area contributed by atoms with Gasteiger partial charge in [-0.1, -0.05) is 30.3 Å². The Morgan fingerprint density at radius 3 is 2.18 bits per heavy atom. The molecule has 0 aliphatic heterocycles. The van der Waals surface area contributed by atoms with Crippen molar-refractivity contribution in [1.29, 1.82) is 0 Å². The third-order valence-corrected chi connectivity index (χ3v) is 6.36. The number of anilines is 2.